The minimum Gasteiger partial charge on any atom is -0.491 e. The highest BCUT2D eigenvalue weighted by atomic mass is 79.9. The summed E-state index contributed by atoms with van der Waals surface area (Å²) in [5.74, 6) is 0.730. The minimum atomic E-state index is -0.558. The first-order valence-electron chi connectivity index (χ1n) is 6.37. The van der Waals surface area contributed by atoms with Crippen LogP contribution >= 0.6 is 15.9 Å². The Labute approximate surface area is 129 Å². The second kappa shape index (κ2) is 5.50. The maximum absolute atomic E-state index is 11.8. The summed E-state index contributed by atoms with van der Waals surface area (Å²) in [5.41, 5.74) is 1.35. The van der Waals surface area contributed by atoms with Gasteiger partial charge in [-0.05, 0) is 18.2 Å². The van der Waals surface area contributed by atoms with Crippen molar-refractivity contribution >= 4 is 21.9 Å². The molecule has 0 fully saturated rings. The van der Waals surface area contributed by atoms with Gasteiger partial charge in [-0.1, -0.05) is 15.9 Å². The van der Waals surface area contributed by atoms with Gasteiger partial charge in [0.2, 0.25) is 0 Å². The van der Waals surface area contributed by atoms with E-state index in [4.69, 9.17) is 9.47 Å². The third kappa shape index (κ3) is 2.32. The van der Waals surface area contributed by atoms with E-state index >= 15 is 0 Å². The molecule has 3 rings (SSSR count). The maximum Gasteiger partial charge on any atom is 0.358 e. The maximum atomic E-state index is 11.8. The smallest absolute Gasteiger partial charge is 0.358 e. The minimum absolute atomic E-state index is 0.142. The van der Waals surface area contributed by atoms with E-state index in [2.05, 4.69) is 20.9 Å². The summed E-state index contributed by atoms with van der Waals surface area (Å²) in [7, 11) is 1.29. The van der Waals surface area contributed by atoms with Crippen molar-refractivity contribution < 1.29 is 19.4 Å². The lowest BCUT2D eigenvalue weighted by Gasteiger charge is -2.06. The molecule has 0 amide bonds. The van der Waals surface area contributed by atoms with Crippen LogP contribution in [0.1, 0.15) is 16.2 Å². The van der Waals surface area contributed by atoms with Crippen molar-refractivity contribution in [1.29, 1.82) is 0 Å². The number of halogens is 1. The number of aromatic nitrogens is 2. The average Bonchev–Trinajstić information content (AvgIpc) is 2.77. The van der Waals surface area contributed by atoms with E-state index < -0.39 is 5.97 Å². The van der Waals surface area contributed by atoms with E-state index in [1.807, 2.05) is 18.2 Å². The van der Waals surface area contributed by atoms with E-state index in [0.29, 0.717) is 30.4 Å². The number of aliphatic hydroxyl groups is 1. The normalized spacial score (nSPS) is 12.9. The quantitative estimate of drug-likeness (QED) is 0.836. The number of aliphatic hydroxyl groups excluding tert-OH is 1. The van der Waals surface area contributed by atoms with Gasteiger partial charge in [0.1, 0.15) is 18.2 Å². The Bertz CT molecular complexity index is 711. The fraction of sp³-hybridized carbons (Fsp3) is 0.286. The molecule has 0 saturated carbocycles. The van der Waals surface area contributed by atoms with E-state index in [1.54, 1.807) is 4.57 Å². The molecule has 0 atom stereocenters. The molecule has 1 aromatic carbocycles. The van der Waals surface area contributed by atoms with Crippen molar-refractivity contribution in [3.63, 3.8) is 0 Å². The molecule has 0 unspecified atom stereocenters. The van der Waals surface area contributed by atoms with Crippen molar-refractivity contribution in [2.75, 3.05) is 13.7 Å². The first-order chi connectivity index (χ1) is 10.2. The zero-order valence-electron chi connectivity index (χ0n) is 11.3. The van der Waals surface area contributed by atoms with Gasteiger partial charge in [-0.25, -0.2) is 9.78 Å². The highest BCUT2D eigenvalue weighted by Gasteiger charge is 2.26. The molecule has 1 N–H and O–H groups in total. The molecule has 110 valence electrons. The molecular formula is C14H13BrN2O4. The van der Waals surface area contributed by atoms with Crippen molar-refractivity contribution in [3.05, 3.63) is 34.1 Å². The number of rotatable bonds is 2. The van der Waals surface area contributed by atoms with Gasteiger partial charge >= 0.3 is 5.97 Å². The highest BCUT2D eigenvalue weighted by molar-refractivity contribution is 9.10. The summed E-state index contributed by atoms with van der Waals surface area (Å²) in [6, 6.07) is 5.60. The molecule has 2 aromatic rings. The van der Waals surface area contributed by atoms with Gasteiger partial charge in [-0.15, -0.1) is 0 Å². The topological polar surface area (TPSA) is 73.6 Å². The van der Waals surface area contributed by atoms with Crippen LogP contribution in [0.15, 0.2) is 22.7 Å². The van der Waals surface area contributed by atoms with Crippen molar-refractivity contribution in [3.8, 4) is 17.1 Å². The molecule has 21 heavy (non-hydrogen) atoms. The van der Waals surface area contributed by atoms with E-state index in [9.17, 15) is 9.90 Å². The van der Waals surface area contributed by atoms with Gasteiger partial charge in [-0.3, -0.25) is 0 Å². The number of imidazole rings is 1. The monoisotopic (exact) mass is 352 g/mol. The molecule has 0 bridgehead atoms. The van der Waals surface area contributed by atoms with Crippen LogP contribution in [0.2, 0.25) is 0 Å². The zero-order valence-corrected chi connectivity index (χ0v) is 12.9. The Morgan fingerprint density at radius 2 is 2.38 bits per heavy atom. The predicted molar refractivity (Wildman–Crippen MR) is 78.1 cm³/mol. The zero-order chi connectivity index (χ0) is 15.0. The summed E-state index contributed by atoms with van der Waals surface area (Å²) in [4.78, 5) is 16.2. The second-order valence-electron chi connectivity index (χ2n) is 4.52. The second-order valence-corrected chi connectivity index (χ2v) is 5.44. The fourth-order valence-corrected chi connectivity index (χ4v) is 2.76. The molecule has 2 heterocycles. The molecule has 0 radical (unpaired) electrons. The molecule has 6 nitrogen and oxygen atoms in total. The van der Waals surface area contributed by atoms with Crippen LogP contribution in [0, 0.1) is 0 Å². The van der Waals surface area contributed by atoms with Crippen LogP contribution in [-0.4, -0.2) is 34.3 Å². The Balaban J connectivity index is 2.25. The lowest BCUT2D eigenvalue weighted by atomic mass is 10.2. The van der Waals surface area contributed by atoms with Crippen LogP contribution in [0.3, 0.4) is 0 Å². The van der Waals surface area contributed by atoms with Gasteiger partial charge in [-0.2, -0.15) is 0 Å². The molecule has 0 spiro atoms. The molecule has 0 aliphatic carbocycles. The Hall–Kier alpha value is -1.86. The average molecular weight is 353 g/mol. The number of ether oxygens (including phenoxy) is 2. The molecule has 1 aromatic heterocycles. The molecular weight excluding hydrogens is 340 g/mol. The third-order valence-corrected chi connectivity index (χ3v) is 3.85. The lowest BCUT2D eigenvalue weighted by molar-refractivity contribution is 0.0590. The van der Waals surface area contributed by atoms with Gasteiger partial charge in [0.05, 0.1) is 31.5 Å². The van der Waals surface area contributed by atoms with E-state index in [-0.39, 0.29) is 12.3 Å². The van der Waals surface area contributed by atoms with Gasteiger partial charge < -0.3 is 19.1 Å². The van der Waals surface area contributed by atoms with Crippen molar-refractivity contribution in [2.45, 2.75) is 13.2 Å². The summed E-state index contributed by atoms with van der Waals surface area (Å²) < 4.78 is 13.1. The van der Waals surface area contributed by atoms with E-state index in [0.717, 1.165) is 10.0 Å². The number of carbonyl (C=O) groups excluding carboxylic acids is 1. The number of methoxy groups -OCH3 is 1. The number of carbonyl (C=O) groups is 1. The summed E-state index contributed by atoms with van der Waals surface area (Å²) >= 11 is 3.42. The van der Waals surface area contributed by atoms with Gasteiger partial charge in [0.15, 0.2) is 5.69 Å². The number of fused-ring (bicyclic) bond motifs is 3. The highest BCUT2D eigenvalue weighted by Crippen LogP contribution is 2.35. The first-order valence-corrected chi connectivity index (χ1v) is 7.16. The van der Waals surface area contributed by atoms with Crippen LogP contribution < -0.4 is 4.74 Å². The predicted octanol–water partition coefficient (Wildman–Crippen LogP) is 1.98. The van der Waals surface area contributed by atoms with Gasteiger partial charge in [0, 0.05) is 4.47 Å². The fourth-order valence-electron chi connectivity index (χ4n) is 2.40. The standard InChI is InChI=1S/C14H13BrN2O4/c1-20-14(19)12-10(7-18)17-4-5-21-11-3-2-8(15)6-9(11)13(17)16-12/h2-3,6,18H,4-5,7H2,1H3. The van der Waals surface area contributed by atoms with Crippen LogP contribution in [0.25, 0.3) is 11.4 Å². The summed E-state index contributed by atoms with van der Waals surface area (Å²) in [6.45, 7) is 0.647. The van der Waals surface area contributed by atoms with Crippen LogP contribution in [0.5, 0.6) is 5.75 Å². The molecule has 7 heteroatoms. The first kappa shape index (κ1) is 14.1. The van der Waals surface area contributed by atoms with Crippen LogP contribution in [0.4, 0.5) is 0 Å². The van der Waals surface area contributed by atoms with Gasteiger partial charge in [0.25, 0.3) is 0 Å². The Morgan fingerprint density at radius 3 is 3.10 bits per heavy atom. The summed E-state index contributed by atoms with van der Waals surface area (Å²) in [6.07, 6.45) is 0. The number of esters is 1. The number of hydrogen-bond donors (Lipinski definition) is 1. The number of nitrogens with zero attached hydrogens (tertiary/aromatic N) is 2. The summed E-state index contributed by atoms with van der Waals surface area (Å²) in [5, 5.41) is 9.58. The molecule has 0 saturated heterocycles. The molecule has 1 aliphatic heterocycles. The SMILES string of the molecule is COC(=O)c1nc2n(c1CO)CCOc1ccc(Br)cc1-2. The Morgan fingerprint density at radius 1 is 1.57 bits per heavy atom. The van der Waals surface area contributed by atoms with E-state index in [1.165, 1.54) is 7.11 Å². The molecule has 1 aliphatic rings. The largest absolute Gasteiger partial charge is 0.491 e. The van der Waals surface area contributed by atoms with Crippen molar-refractivity contribution in [1.82, 2.24) is 9.55 Å². The number of benzene rings is 1. The third-order valence-electron chi connectivity index (χ3n) is 3.36. The van der Waals surface area contributed by atoms with Crippen LogP contribution in [-0.2, 0) is 17.9 Å². The Kier molecular flexibility index (Phi) is 3.69. The number of hydrogen-bond acceptors (Lipinski definition) is 5. The lowest BCUT2D eigenvalue weighted by Crippen LogP contribution is -2.12. The van der Waals surface area contributed by atoms with Crippen molar-refractivity contribution in [2.24, 2.45) is 0 Å².